The van der Waals surface area contributed by atoms with E-state index in [1.54, 1.807) is 10.8 Å². The quantitative estimate of drug-likeness (QED) is 0.217. The van der Waals surface area contributed by atoms with Gasteiger partial charge in [0.2, 0.25) is 5.91 Å². The van der Waals surface area contributed by atoms with Gasteiger partial charge in [-0.15, -0.1) is 11.3 Å². The van der Waals surface area contributed by atoms with Crippen molar-refractivity contribution in [2.75, 3.05) is 12.3 Å². The number of carbonyl (C=O) groups is 1. The molecule has 4 rings (SSSR count). The average Bonchev–Trinajstić information content (AvgIpc) is 3.19. The van der Waals surface area contributed by atoms with Crippen molar-refractivity contribution in [1.82, 2.24) is 19.9 Å². The number of carbonyl (C=O) groups excluding carboxylic acids is 1. The SMILES string of the molecule is CCCCNC(=O)CSc1nc2c(sc3ncccc32)c(=O)n1C[C@H](C)c1ccccc1. The Morgan fingerprint density at radius 3 is 2.81 bits per heavy atom. The van der Waals surface area contributed by atoms with E-state index >= 15 is 0 Å². The Bertz CT molecular complexity index is 1280. The molecule has 166 valence electrons. The monoisotopic (exact) mass is 466 g/mol. The summed E-state index contributed by atoms with van der Waals surface area (Å²) in [6.07, 6.45) is 3.71. The molecule has 6 nitrogen and oxygen atoms in total. The molecule has 1 atom stereocenters. The minimum absolute atomic E-state index is 0.0442. The number of fused-ring (bicyclic) bond motifs is 3. The largest absolute Gasteiger partial charge is 0.355 e. The number of hydrogen-bond acceptors (Lipinski definition) is 6. The molecule has 0 fully saturated rings. The van der Waals surface area contributed by atoms with Crippen LogP contribution in [0.3, 0.4) is 0 Å². The maximum absolute atomic E-state index is 13.5. The standard InChI is InChI=1S/C24H26N4O2S2/c1-3-4-12-25-19(29)15-31-24-27-20-18-11-8-13-26-22(18)32-21(20)23(30)28(24)14-16(2)17-9-6-5-7-10-17/h5-11,13,16H,3-4,12,14-15H2,1-2H3,(H,25,29)/t16-/m0/s1. The van der Waals surface area contributed by atoms with Gasteiger partial charge < -0.3 is 5.32 Å². The fourth-order valence-corrected chi connectivity index (χ4v) is 5.42. The topological polar surface area (TPSA) is 76.9 Å². The van der Waals surface area contributed by atoms with Gasteiger partial charge in [-0.1, -0.05) is 62.4 Å². The second-order valence-electron chi connectivity index (χ2n) is 7.75. The molecule has 8 heteroatoms. The highest BCUT2D eigenvalue weighted by molar-refractivity contribution is 7.99. The molecule has 32 heavy (non-hydrogen) atoms. The highest BCUT2D eigenvalue weighted by atomic mass is 32.2. The Kier molecular flexibility index (Phi) is 7.22. The van der Waals surface area contributed by atoms with Crippen LogP contribution >= 0.6 is 23.1 Å². The second kappa shape index (κ2) is 10.3. The van der Waals surface area contributed by atoms with Crippen LogP contribution in [0.25, 0.3) is 20.4 Å². The molecule has 1 amide bonds. The van der Waals surface area contributed by atoms with Crippen molar-refractivity contribution >= 4 is 49.4 Å². The lowest BCUT2D eigenvalue weighted by Gasteiger charge is -2.17. The van der Waals surface area contributed by atoms with Crippen molar-refractivity contribution in [3.63, 3.8) is 0 Å². The van der Waals surface area contributed by atoms with Crippen molar-refractivity contribution in [2.24, 2.45) is 0 Å². The summed E-state index contributed by atoms with van der Waals surface area (Å²) in [6.45, 7) is 5.35. The maximum Gasteiger partial charge on any atom is 0.272 e. The third-order valence-corrected chi connectivity index (χ3v) is 7.39. The van der Waals surface area contributed by atoms with Crippen molar-refractivity contribution < 1.29 is 4.79 Å². The summed E-state index contributed by atoms with van der Waals surface area (Å²) in [6, 6.07) is 13.9. The van der Waals surface area contributed by atoms with Gasteiger partial charge in [0.05, 0.1) is 11.3 Å². The number of nitrogens with one attached hydrogen (secondary N) is 1. The lowest BCUT2D eigenvalue weighted by Crippen LogP contribution is -2.28. The summed E-state index contributed by atoms with van der Waals surface area (Å²) in [5, 5.41) is 4.38. The molecular weight excluding hydrogens is 440 g/mol. The first-order valence-corrected chi connectivity index (χ1v) is 12.6. The molecule has 1 N–H and O–H groups in total. The Morgan fingerprint density at radius 1 is 1.22 bits per heavy atom. The van der Waals surface area contributed by atoms with Gasteiger partial charge in [-0.05, 0) is 30.0 Å². The molecule has 4 aromatic rings. The number of thiophene rings is 1. The van der Waals surface area contributed by atoms with E-state index in [9.17, 15) is 9.59 Å². The van der Waals surface area contributed by atoms with E-state index in [-0.39, 0.29) is 23.1 Å². The molecule has 0 saturated heterocycles. The summed E-state index contributed by atoms with van der Waals surface area (Å²) in [4.78, 5) is 35.9. The van der Waals surface area contributed by atoms with Crippen LogP contribution in [0.2, 0.25) is 0 Å². The van der Waals surface area contributed by atoms with E-state index < -0.39 is 0 Å². The number of rotatable bonds is 9. The molecule has 3 aromatic heterocycles. The van der Waals surface area contributed by atoms with Crippen LogP contribution in [0, 0.1) is 0 Å². The summed E-state index contributed by atoms with van der Waals surface area (Å²) >= 11 is 2.69. The highest BCUT2D eigenvalue weighted by Crippen LogP contribution is 2.31. The Morgan fingerprint density at radius 2 is 2.03 bits per heavy atom. The van der Waals surface area contributed by atoms with Gasteiger partial charge in [0.1, 0.15) is 9.53 Å². The molecule has 0 bridgehead atoms. The van der Waals surface area contributed by atoms with Crippen LogP contribution in [-0.2, 0) is 11.3 Å². The Balaban J connectivity index is 1.71. The van der Waals surface area contributed by atoms with Crippen molar-refractivity contribution in [1.29, 1.82) is 0 Å². The van der Waals surface area contributed by atoms with Gasteiger partial charge in [0, 0.05) is 24.7 Å². The molecule has 0 unspecified atom stereocenters. The average molecular weight is 467 g/mol. The van der Waals surface area contributed by atoms with Gasteiger partial charge >= 0.3 is 0 Å². The van der Waals surface area contributed by atoms with Crippen LogP contribution in [0.5, 0.6) is 0 Å². The Labute approximate surface area is 195 Å². The number of unbranched alkanes of at least 4 members (excludes halogenated alkanes) is 1. The predicted octanol–water partition coefficient (Wildman–Crippen LogP) is 4.82. The normalized spacial score (nSPS) is 12.3. The lowest BCUT2D eigenvalue weighted by molar-refractivity contribution is -0.118. The van der Waals surface area contributed by atoms with Crippen LogP contribution in [0.15, 0.2) is 58.6 Å². The van der Waals surface area contributed by atoms with Crippen molar-refractivity contribution in [2.45, 2.75) is 44.3 Å². The van der Waals surface area contributed by atoms with Crippen LogP contribution in [0.4, 0.5) is 0 Å². The van der Waals surface area contributed by atoms with Crippen LogP contribution < -0.4 is 10.9 Å². The van der Waals surface area contributed by atoms with Crippen LogP contribution in [-0.4, -0.2) is 32.7 Å². The summed E-state index contributed by atoms with van der Waals surface area (Å²) in [7, 11) is 0. The second-order valence-corrected chi connectivity index (χ2v) is 9.69. The summed E-state index contributed by atoms with van der Waals surface area (Å²) in [5.74, 6) is 0.303. The first kappa shape index (κ1) is 22.5. The van der Waals surface area contributed by atoms with E-state index in [0.717, 1.165) is 28.6 Å². The molecule has 0 aliphatic heterocycles. The first-order valence-electron chi connectivity index (χ1n) is 10.8. The number of thioether (sulfide) groups is 1. The van der Waals surface area contributed by atoms with E-state index in [0.29, 0.717) is 28.5 Å². The predicted molar refractivity (Wildman–Crippen MR) is 133 cm³/mol. The molecule has 0 radical (unpaired) electrons. The zero-order valence-corrected chi connectivity index (χ0v) is 19.8. The number of pyridine rings is 1. The first-order chi connectivity index (χ1) is 15.6. The molecule has 0 aliphatic carbocycles. The minimum atomic E-state index is -0.0744. The fourth-order valence-electron chi connectivity index (χ4n) is 3.56. The van der Waals surface area contributed by atoms with E-state index in [1.807, 2.05) is 30.3 Å². The van der Waals surface area contributed by atoms with Crippen molar-refractivity contribution in [3.05, 3.63) is 64.6 Å². The van der Waals surface area contributed by atoms with E-state index in [1.165, 1.54) is 23.1 Å². The highest BCUT2D eigenvalue weighted by Gasteiger charge is 2.19. The maximum atomic E-state index is 13.5. The number of hydrogen-bond donors (Lipinski definition) is 1. The lowest BCUT2D eigenvalue weighted by atomic mass is 10.0. The zero-order valence-electron chi connectivity index (χ0n) is 18.2. The van der Waals surface area contributed by atoms with Gasteiger partial charge in [-0.3, -0.25) is 14.2 Å². The molecule has 0 aliphatic rings. The molecule has 1 aromatic carbocycles. The molecular formula is C24H26N4O2S2. The van der Waals surface area contributed by atoms with E-state index in [4.69, 9.17) is 4.98 Å². The number of aromatic nitrogens is 3. The molecule has 0 spiro atoms. The van der Waals surface area contributed by atoms with Gasteiger partial charge in [-0.25, -0.2) is 9.97 Å². The smallest absolute Gasteiger partial charge is 0.272 e. The zero-order chi connectivity index (χ0) is 22.5. The van der Waals surface area contributed by atoms with Crippen LogP contribution in [0.1, 0.15) is 38.2 Å². The van der Waals surface area contributed by atoms with E-state index in [2.05, 4.69) is 36.3 Å². The van der Waals surface area contributed by atoms with Gasteiger partial charge in [-0.2, -0.15) is 0 Å². The third-order valence-electron chi connectivity index (χ3n) is 5.33. The number of benzene rings is 1. The third kappa shape index (κ3) is 4.86. The fraction of sp³-hybridized carbons (Fsp3) is 0.333. The molecule has 3 heterocycles. The summed E-state index contributed by atoms with van der Waals surface area (Å²) in [5.41, 5.74) is 1.75. The van der Waals surface area contributed by atoms with Gasteiger partial charge in [0.25, 0.3) is 5.56 Å². The van der Waals surface area contributed by atoms with Gasteiger partial charge in [0.15, 0.2) is 5.16 Å². The number of amides is 1. The van der Waals surface area contributed by atoms with Crippen molar-refractivity contribution in [3.8, 4) is 0 Å². The summed E-state index contributed by atoms with van der Waals surface area (Å²) < 4.78 is 2.33. The Hall–Kier alpha value is -2.71. The number of nitrogens with zero attached hydrogens (tertiary/aromatic N) is 3. The molecule has 0 saturated carbocycles. The minimum Gasteiger partial charge on any atom is -0.355 e.